The van der Waals surface area contributed by atoms with Crippen LogP contribution >= 0.6 is 11.6 Å². The summed E-state index contributed by atoms with van der Waals surface area (Å²) in [6, 6.07) is 0. The monoisotopic (exact) mass is 198 g/mol. The second kappa shape index (κ2) is 3.38. The molecule has 1 fully saturated rings. The van der Waals surface area contributed by atoms with Crippen molar-refractivity contribution in [3.05, 3.63) is 11.5 Å². The molecule has 0 unspecified atom stereocenters. The van der Waals surface area contributed by atoms with Gasteiger partial charge < -0.3 is 10.6 Å². The molecule has 0 bridgehead atoms. The summed E-state index contributed by atoms with van der Waals surface area (Å²) in [7, 11) is 0. The van der Waals surface area contributed by atoms with Crippen molar-refractivity contribution in [3.63, 3.8) is 0 Å². The Labute approximate surface area is 81.7 Å². The summed E-state index contributed by atoms with van der Waals surface area (Å²) in [6.45, 7) is 2.02. The van der Waals surface area contributed by atoms with Crippen LogP contribution in [0.2, 0.25) is 5.15 Å². The van der Waals surface area contributed by atoms with Gasteiger partial charge in [0, 0.05) is 13.1 Å². The number of rotatable bonds is 1. The number of aromatic nitrogens is 2. The lowest BCUT2D eigenvalue weighted by Crippen LogP contribution is -2.20. The molecule has 1 aliphatic heterocycles. The molecular weight excluding hydrogens is 188 g/mol. The van der Waals surface area contributed by atoms with Gasteiger partial charge in [-0.15, -0.1) is 0 Å². The van der Waals surface area contributed by atoms with Crippen molar-refractivity contribution in [1.82, 2.24) is 9.97 Å². The molecule has 0 spiro atoms. The lowest BCUT2D eigenvalue weighted by Gasteiger charge is -2.17. The molecule has 0 amide bonds. The maximum absolute atomic E-state index is 5.79. The van der Waals surface area contributed by atoms with E-state index in [9.17, 15) is 0 Å². The fourth-order valence-electron chi connectivity index (χ4n) is 1.55. The first-order valence-electron chi connectivity index (χ1n) is 4.30. The molecule has 13 heavy (non-hydrogen) atoms. The lowest BCUT2D eigenvalue weighted by atomic mass is 10.4. The second-order valence-corrected chi connectivity index (χ2v) is 3.45. The summed E-state index contributed by atoms with van der Waals surface area (Å²) in [6.07, 6.45) is 3.84. The molecule has 0 aliphatic carbocycles. The quantitative estimate of drug-likeness (QED) is 0.692. The Kier molecular flexibility index (Phi) is 2.22. The van der Waals surface area contributed by atoms with Crippen LogP contribution < -0.4 is 10.6 Å². The Morgan fingerprint density at radius 2 is 2.00 bits per heavy atom. The minimum absolute atomic E-state index is 0.344. The van der Waals surface area contributed by atoms with Gasteiger partial charge in [0.15, 0.2) is 11.0 Å². The first-order valence-corrected chi connectivity index (χ1v) is 4.68. The summed E-state index contributed by atoms with van der Waals surface area (Å²) in [5.41, 5.74) is 6.26. The van der Waals surface area contributed by atoms with E-state index in [1.165, 1.54) is 19.2 Å². The van der Waals surface area contributed by atoms with Crippen molar-refractivity contribution in [2.75, 3.05) is 23.7 Å². The van der Waals surface area contributed by atoms with Gasteiger partial charge in [0.2, 0.25) is 0 Å². The van der Waals surface area contributed by atoms with Gasteiger partial charge >= 0.3 is 0 Å². The maximum atomic E-state index is 5.79. The zero-order valence-corrected chi connectivity index (χ0v) is 7.96. The molecule has 0 saturated carbocycles. The highest BCUT2D eigenvalue weighted by Crippen LogP contribution is 2.27. The Balaban J connectivity index is 2.33. The van der Waals surface area contributed by atoms with E-state index in [-0.39, 0.29) is 0 Å². The molecular formula is C8H11ClN4. The standard InChI is InChI=1S/C8H11ClN4/c9-7-6(10)8(12-5-11-7)13-3-1-2-4-13/h5H,1-4,10H2. The van der Waals surface area contributed by atoms with Gasteiger partial charge in [-0.3, -0.25) is 0 Å². The van der Waals surface area contributed by atoms with E-state index in [0.717, 1.165) is 18.9 Å². The van der Waals surface area contributed by atoms with Crippen molar-refractivity contribution in [3.8, 4) is 0 Å². The largest absolute Gasteiger partial charge is 0.393 e. The molecule has 0 aromatic carbocycles. The van der Waals surface area contributed by atoms with Gasteiger partial charge in [-0.05, 0) is 12.8 Å². The van der Waals surface area contributed by atoms with Gasteiger partial charge in [0.1, 0.15) is 12.0 Å². The molecule has 2 heterocycles. The van der Waals surface area contributed by atoms with Crippen LogP contribution in [-0.2, 0) is 0 Å². The normalized spacial score (nSPS) is 16.5. The number of hydrogen-bond donors (Lipinski definition) is 1. The van der Waals surface area contributed by atoms with E-state index in [4.69, 9.17) is 17.3 Å². The Morgan fingerprint density at radius 1 is 1.31 bits per heavy atom. The fourth-order valence-corrected chi connectivity index (χ4v) is 1.67. The summed E-state index contributed by atoms with van der Waals surface area (Å²) in [5, 5.41) is 0.344. The molecule has 1 aromatic heterocycles. The van der Waals surface area contributed by atoms with Crippen molar-refractivity contribution in [2.24, 2.45) is 0 Å². The van der Waals surface area contributed by atoms with Crippen molar-refractivity contribution in [2.45, 2.75) is 12.8 Å². The third kappa shape index (κ3) is 1.54. The van der Waals surface area contributed by atoms with Crippen LogP contribution in [0.1, 0.15) is 12.8 Å². The third-order valence-corrected chi connectivity index (χ3v) is 2.52. The summed E-state index contributed by atoms with van der Waals surface area (Å²) in [5.74, 6) is 0.775. The molecule has 4 nitrogen and oxygen atoms in total. The SMILES string of the molecule is Nc1c(Cl)ncnc1N1CCCC1. The van der Waals surface area contributed by atoms with E-state index < -0.39 is 0 Å². The molecule has 2 N–H and O–H groups in total. The molecule has 70 valence electrons. The van der Waals surface area contributed by atoms with E-state index in [0.29, 0.717) is 10.8 Å². The third-order valence-electron chi connectivity index (χ3n) is 2.22. The highest BCUT2D eigenvalue weighted by molar-refractivity contribution is 6.32. The Hall–Kier alpha value is -1.03. The van der Waals surface area contributed by atoms with Gasteiger partial charge in [-0.2, -0.15) is 0 Å². The van der Waals surface area contributed by atoms with Gasteiger partial charge in [-0.25, -0.2) is 9.97 Å². The summed E-state index contributed by atoms with van der Waals surface area (Å²) < 4.78 is 0. The molecule has 0 radical (unpaired) electrons. The van der Waals surface area contributed by atoms with Crippen molar-refractivity contribution >= 4 is 23.1 Å². The van der Waals surface area contributed by atoms with Crippen LogP contribution in [0.3, 0.4) is 0 Å². The maximum Gasteiger partial charge on any atom is 0.157 e. The highest BCUT2D eigenvalue weighted by atomic mass is 35.5. The van der Waals surface area contributed by atoms with Crippen molar-refractivity contribution in [1.29, 1.82) is 0 Å². The van der Waals surface area contributed by atoms with Crippen LogP contribution in [0.5, 0.6) is 0 Å². The number of halogens is 1. The van der Waals surface area contributed by atoms with E-state index >= 15 is 0 Å². The zero-order chi connectivity index (χ0) is 9.26. The Morgan fingerprint density at radius 3 is 2.69 bits per heavy atom. The fraction of sp³-hybridized carbons (Fsp3) is 0.500. The van der Waals surface area contributed by atoms with Gasteiger partial charge in [0.25, 0.3) is 0 Å². The summed E-state index contributed by atoms with van der Waals surface area (Å²) in [4.78, 5) is 10.1. The number of anilines is 2. The Bertz CT molecular complexity index is 309. The number of nitrogens with zero attached hydrogens (tertiary/aromatic N) is 3. The molecule has 5 heteroatoms. The van der Waals surface area contributed by atoms with E-state index in [1.54, 1.807) is 0 Å². The van der Waals surface area contributed by atoms with Crippen LogP contribution in [0.25, 0.3) is 0 Å². The molecule has 0 atom stereocenters. The van der Waals surface area contributed by atoms with Crippen LogP contribution in [-0.4, -0.2) is 23.1 Å². The van der Waals surface area contributed by atoms with E-state index in [2.05, 4.69) is 14.9 Å². The summed E-state index contributed by atoms with van der Waals surface area (Å²) >= 11 is 5.79. The second-order valence-electron chi connectivity index (χ2n) is 3.10. The van der Waals surface area contributed by atoms with Crippen LogP contribution in [0.4, 0.5) is 11.5 Å². The topological polar surface area (TPSA) is 55.0 Å². The van der Waals surface area contributed by atoms with E-state index in [1.807, 2.05) is 0 Å². The molecule has 1 aromatic rings. The smallest absolute Gasteiger partial charge is 0.157 e. The molecule has 1 saturated heterocycles. The first kappa shape index (κ1) is 8.56. The predicted molar refractivity (Wildman–Crippen MR) is 52.9 cm³/mol. The minimum atomic E-state index is 0.344. The van der Waals surface area contributed by atoms with Gasteiger partial charge in [0.05, 0.1) is 0 Å². The van der Waals surface area contributed by atoms with Crippen molar-refractivity contribution < 1.29 is 0 Å². The lowest BCUT2D eigenvalue weighted by molar-refractivity contribution is 0.930. The van der Waals surface area contributed by atoms with Gasteiger partial charge in [-0.1, -0.05) is 11.6 Å². The van der Waals surface area contributed by atoms with Crippen LogP contribution in [0.15, 0.2) is 6.33 Å². The number of nitrogens with two attached hydrogens (primary N) is 1. The average Bonchev–Trinajstić information content (AvgIpc) is 2.62. The number of hydrogen-bond acceptors (Lipinski definition) is 4. The average molecular weight is 199 g/mol. The van der Waals surface area contributed by atoms with Crippen LogP contribution in [0, 0.1) is 0 Å². The highest BCUT2D eigenvalue weighted by Gasteiger charge is 2.17. The minimum Gasteiger partial charge on any atom is -0.393 e. The zero-order valence-electron chi connectivity index (χ0n) is 7.20. The molecule has 2 rings (SSSR count). The molecule has 1 aliphatic rings. The predicted octanol–water partition coefficient (Wildman–Crippen LogP) is 1.31. The first-order chi connectivity index (χ1) is 6.29. The number of nitrogen functional groups attached to an aromatic ring is 1.